The third-order valence-electron chi connectivity index (χ3n) is 6.02. The molecular weight excluding hydrogens is 396 g/mol. The van der Waals surface area contributed by atoms with E-state index in [-0.39, 0.29) is 24.1 Å². The number of rotatable bonds is 5. The van der Waals surface area contributed by atoms with Gasteiger partial charge in [0.1, 0.15) is 5.92 Å². The molecule has 31 heavy (non-hydrogen) atoms. The van der Waals surface area contributed by atoms with Crippen molar-refractivity contribution in [3.63, 3.8) is 0 Å². The number of benzene rings is 1. The number of ether oxygens (including phenoxy) is 1. The molecule has 2 saturated heterocycles. The van der Waals surface area contributed by atoms with Gasteiger partial charge in [-0.05, 0) is 41.8 Å². The van der Waals surface area contributed by atoms with E-state index >= 15 is 0 Å². The van der Waals surface area contributed by atoms with Crippen molar-refractivity contribution in [3.05, 3.63) is 52.8 Å². The first-order valence-electron chi connectivity index (χ1n) is 10.5. The SMILES string of the molecule is O=C1Nc2ccc(CC3C(=O)CNC3=O)cc2C1=Cc1cc(CN2CCOCC2)c[nH]1. The molecule has 3 N–H and O–H groups in total. The quantitative estimate of drug-likeness (QED) is 0.498. The Morgan fingerprint density at radius 1 is 1.10 bits per heavy atom. The summed E-state index contributed by atoms with van der Waals surface area (Å²) in [5.41, 5.74) is 4.97. The lowest BCUT2D eigenvalue weighted by atomic mass is 9.94. The average Bonchev–Trinajstić information content (AvgIpc) is 3.43. The zero-order chi connectivity index (χ0) is 21.4. The van der Waals surface area contributed by atoms with Crippen LogP contribution in [0.5, 0.6) is 0 Å². The van der Waals surface area contributed by atoms with E-state index < -0.39 is 5.92 Å². The molecule has 4 heterocycles. The maximum absolute atomic E-state index is 12.6. The van der Waals surface area contributed by atoms with Gasteiger partial charge >= 0.3 is 0 Å². The standard InChI is InChI=1S/C23H24N4O4/c28-21-12-25-22(29)19(21)9-14-1-2-20-17(8-14)18(23(30)26-20)10-16-7-15(11-24-16)13-27-3-5-31-6-4-27/h1-2,7-8,10-11,19,24H,3-6,9,12-13H2,(H,25,29)(H,26,30). The fourth-order valence-corrected chi connectivity index (χ4v) is 4.32. The largest absolute Gasteiger partial charge is 0.379 e. The number of amides is 2. The second kappa shape index (κ2) is 8.13. The summed E-state index contributed by atoms with van der Waals surface area (Å²) in [6.45, 7) is 4.29. The van der Waals surface area contributed by atoms with Gasteiger partial charge in [-0.25, -0.2) is 0 Å². The third kappa shape index (κ3) is 4.04. The van der Waals surface area contributed by atoms with Crippen molar-refractivity contribution in [3.8, 4) is 0 Å². The van der Waals surface area contributed by atoms with Gasteiger partial charge in [0.15, 0.2) is 5.78 Å². The highest BCUT2D eigenvalue weighted by molar-refractivity contribution is 6.34. The summed E-state index contributed by atoms with van der Waals surface area (Å²) >= 11 is 0. The third-order valence-corrected chi connectivity index (χ3v) is 6.02. The number of aromatic nitrogens is 1. The van der Waals surface area contributed by atoms with Crippen LogP contribution in [0.25, 0.3) is 11.6 Å². The number of anilines is 1. The fourth-order valence-electron chi connectivity index (χ4n) is 4.32. The average molecular weight is 420 g/mol. The lowest BCUT2D eigenvalue weighted by Gasteiger charge is -2.25. The van der Waals surface area contributed by atoms with Gasteiger partial charge in [0.2, 0.25) is 5.91 Å². The molecule has 1 atom stereocenters. The highest BCUT2D eigenvalue weighted by Gasteiger charge is 2.33. The molecule has 1 aromatic carbocycles. The van der Waals surface area contributed by atoms with Gasteiger partial charge in [-0.15, -0.1) is 0 Å². The zero-order valence-corrected chi connectivity index (χ0v) is 17.1. The van der Waals surface area contributed by atoms with E-state index in [0.29, 0.717) is 12.0 Å². The van der Waals surface area contributed by atoms with Crippen molar-refractivity contribution in [2.45, 2.75) is 13.0 Å². The number of fused-ring (bicyclic) bond motifs is 1. The molecule has 8 nitrogen and oxygen atoms in total. The van der Waals surface area contributed by atoms with Crippen LogP contribution in [0.15, 0.2) is 30.5 Å². The van der Waals surface area contributed by atoms with Gasteiger partial charge in [0.05, 0.1) is 25.3 Å². The summed E-state index contributed by atoms with van der Waals surface area (Å²) in [6.07, 6.45) is 4.16. The number of nitrogens with one attached hydrogen (secondary N) is 3. The van der Waals surface area contributed by atoms with Crippen LogP contribution in [0, 0.1) is 5.92 Å². The fraction of sp³-hybridized carbons (Fsp3) is 0.348. The summed E-state index contributed by atoms with van der Waals surface area (Å²) in [4.78, 5) is 42.0. The normalized spacial score (nSPS) is 22.6. The van der Waals surface area contributed by atoms with E-state index in [1.54, 1.807) is 0 Å². The molecule has 0 radical (unpaired) electrons. The Morgan fingerprint density at radius 3 is 2.71 bits per heavy atom. The zero-order valence-electron chi connectivity index (χ0n) is 17.1. The molecule has 1 aromatic heterocycles. The predicted octanol–water partition coefficient (Wildman–Crippen LogP) is 1.20. The molecule has 3 aliphatic rings. The monoisotopic (exact) mass is 420 g/mol. The van der Waals surface area contributed by atoms with E-state index in [9.17, 15) is 14.4 Å². The molecule has 160 valence electrons. The molecule has 5 rings (SSSR count). The maximum atomic E-state index is 12.6. The topological polar surface area (TPSA) is 104 Å². The van der Waals surface area contributed by atoms with Crippen molar-refractivity contribution >= 4 is 34.9 Å². The summed E-state index contributed by atoms with van der Waals surface area (Å²) < 4.78 is 5.40. The number of aromatic amines is 1. The van der Waals surface area contributed by atoms with Crippen molar-refractivity contribution in [2.24, 2.45) is 5.92 Å². The van der Waals surface area contributed by atoms with Crippen LogP contribution in [0.2, 0.25) is 0 Å². The second-order valence-electron chi connectivity index (χ2n) is 8.18. The van der Waals surface area contributed by atoms with Gasteiger partial charge in [-0.3, -0.25) is 19.3 Å². The van der Waals surface area contributed by atoms with Crippen molar-refractivity contribution < 1.29 is 19.1 Å². The minimum absolute atomic E-state index is 0.0883. The Morgan fingerprint density at radius 2 is 1.94 bits per heavy atom. The summed E-state index contributed by atoms with van der Waals surface area (Å²) in [6, 6.07) is 7.64. The highest BCUT2D eigenvalue weighted by atomic mass is 16.5. The molecule has 1 unspecified atom stereocenters. The number of Topliss-reactive ketones (excluding diaryl/α,β-unsaturated/α-hetero) is 1. The smallest absolute Gasteiger partial charge is 0.256 e. The van der Waals surface area contributed by atoms with Crippen molar-refractivity contribution in [1.29, 1.82) is 0 Å². The Bertz CT molecular complexity index is 1060. The van der Waals surface area contributed by atoms with Crippen LogP contribution >= 0.6 is 0 Å². The lowest BCUT2D eigenvalue weighted by molar-refractivity contribution is -0.127. The summed E-state index contributed by atoms with van der Waals surface area (Å²) in [5.74, 6) is -1.13. The van der Waals surface area contributed by atoms with Crippen LogP contribution < -0.4 is 10.6 Å². The molecular formula is C23H24N4O4. The number of ketones is 1. The molecule has 2 fully saturated rings. The molecule has 0 bridgehead atoms. The van der Waals surface area contributed by atoms with Crippen LogP contribution in [0.4, 0.5) is 5.69 Å². The first kappa shape index (κ1) is 19.7. The Balaban J connectivity index is 1.36. The molecule has 2 amide bonds. The van der Waals surface area contributed by atoms with E-state index in [1.165, 1.54) is 0 Å². The summed E-state index contributed by atoms with van der Waals surface area (Å²) in [7, 11) is 0. The van der Waals surface area contributed by atoms with Gasteiger partial charge in [0.25, 0.3) is 5.91 Å². The van der Waals surface area contributed by atoms with Crippen LogP contribution in [0.3, 0.4) is 0 Å². The van der Waals surface area contributed by atoms with Gasteiger partial charge in [-0.2, -0.15) is 0 Å². The van der Waals surface area contributed by atoms with Crippen LogP contribution in [-0.4, -0.2) is 60.3 Å². The second-order valence-corrected chi connectivity index (χ2v) is 8.18. The highest BCUT2D eigenvalue weighted by Crippen LogP contribution is 2.34. The van der Waals surface area contributed by atoms with Crippen LogP contribution in [-0.2, 0) is 32.1 Å². The van der Waals surface area contributed by atoms with Gasteiger partial charge in [0, 0.05) is 42.8 Å². The van der Waals surface area contributed by atoms with E-state index in [1.807, 2.05) is 30.5 Å². The van der Waals surface area contributed by atoms with Crippen LogP contribution in [0.1, 0.15) is 22.4 Å². The molecule has 0 saturated carbocycles. The van der Waals surface area contributed by atoms with Gasteiger partial charge in [-0.1, -0.05) is 6.07 Å². The minimum Gasteiger partial charge on any atom is -0.379 e. The first-order chi connectivity index (χ1) is 15.1. The Hall–Kier alpha value is -3.23. The molecule has 0 aliphatic carbocycles. The Labute approximate surface area is 179 Å². The van der Waals surface area contributed by atoms with Gasteiger partial charge < -0.3 is 20.4 Å². The molecule has 2 aromatic rings. The molecule has 8 heteroatoms. The summed E-state index contributed by atoms with van der Waals surface area (Å²) in [5, 5.41) is 5.48. The number of carbonyl (C=O) groups is 3. The molecule has 3 aliphatic heterocycles. The number of nitrogens with zero attached hydrogens (tertiary/aromatic N) is 1. The number of morpholine rings is 1. The lowest BCUT2D eigenvalue weighted by Crippen LogP contribution is -2.35. The van der Waals surface area contributed by atoms with E-state index in [2.05, 4.69) is 26.6 Å². The Kier molecular flexibility index (Phi) is 5.17. The predicted molar refractivity (Wildman–Crippen MR) is 115 cm³/mol. The van der Waals surface area contributed by atoms with Crippen molar-refractivity contribution in [1.82, 2.24) is 15.2 Å². The number of hydrogen-bond donors (Lipinski definition) is 3. The minimum atomic E-state index is -0.651. The molecule has 0 spiro atoms. The van der Waals surface area contributed by atoms with E-state index in [0.717, 1.165) is 60.9 Å². The first-order valence-corrected chi connectivity index (χ1v) is 10.5. The number of H-pyrrole nitrogens is 1. The van der Waals surface area contributed by atoms with E-state index in [4.69, 9.17) is 4.74 Å². The number of carbonyl (C=O) groups excluding carboxylic acids is 3. The number of hydrogen-bond acceptors (Lipinski definition) is 5. The van der Waals surface area contributed by atoms with Crippen molar-refractivity contribution in [2.75, 3.05) is 38.2 Å². The maximum Gasteiger partial charge on any atom is 0.256 e.